The average Bonchev–Trinajstić information content (AvgIpc) is 3.21. The number of carbonyl (C=O) groups excluding carboxylic acids is 1. The molecule has 1 aromatic heterocycles. The zero-order valence-corrected chi connectivity index (χ0v) is 18.7. The minimum Gasteiger partial charge on any atom is -0.484 e. The molecule has 0 saturated carbocycles. The molecule has 7 heteroatoms. The minimum atomic E-state index is -1.50. The quantitative estimate of drug-likeness (QED) is 0.395. The normalized spacial score (nSPS) is 13.1. The van der Waals surface area contributed by atoms with E-state index in [-0.39, 0.29) is 13.2 Å². The molecule has 0 unspecified atom stereocenters. The van der Waals surface area contributed by atoms with E-state index in [1.807, 2.05) is 55.5 Å². The van der Waals surface area contributed by atoms with Gasteiger partial charge in [0.2, 0.25) is 0 Å². The molecule has 0 aliphatic heterocycles. The van der Waals surface area contributed by atoms with Crippen molar-refractivity contribution in [3.8, 4) is 11.4 Å². The lowest BCUT2D eigenvalue weighted by Crippen LogP contribution is -2.48. The van der Waals surface area contributed by atoms with Crippen molar-refractivity contribution < 1.29 is 19.0 Å². The van der Waals surface area contributed by atoms with Gasteiger partial charge in [0.1, 0.15) is 23.3 Å². The predicted molar refractivity (Wildman–Crippen MR) is 131 cm³/mol. The van der Waals surface area contributed by atoms with Gasteiger partial charge >= 0.3 is 0 Å². The molecular weight excluding hydrogens is 433 g/mol. The van der Waals surface area contributed by atoms with Crippen molar-refractivity contribution in [1.29, 1.82) is 0 Å². The number of benzene rings is 3. The molecule has 1 amide bonds. The first kappa shape index (κ1) is 24.9. The van der Waals surface area contributed by atoms with Gasteiger partial charge < -0.3 is 15.2 Å². The van der Waals surface area contributed by atoms with Gasteiger partial charge in [-0.25, -0.2) is 9.07 Å². The second-order valence-electron chi connectivity index (χ2n) is 8.52. The molecule has 4 aromatic rings. The van der Waals surface area contributed by atoms with Crippen molar-refractivity contribution in [3.05, 3.63) is 90.4 Å². The molecule has 6 nitrogen and oxygen atoms in total. The Kier molecular flexibility index (Phi) is 7.37. The number of ether oxygens (including phenoxy) is 1. The first-order chi connectivity index (χ1) is 15.7. The Morgan fingerprint density at radius 2 is 1.76 bits per heavy atom. The summed E-state index contributed by atoms with van der Waals surface area (Å²) in [7, 11) is 0. The van der Waals surface area contributed by atoms with Crippen molar-refractivity contribution >= 4 is 16.8 Å². The van der Waals surface area contributed by atoms with Crippen LogP contribution >= 0.6 is 0 Å². The minimum absolute atomic E-state index is 0. The molecule has 0 fully saturated rings. The highest BCUT2D eigenvalue weighted by Gasteiger charge is 2.29. The number of rotatable bonds is 7. The van der Waals surface area contributed by atoms with E-state index in [0.29, 0.717) is 5.75 Å². The number of aliphatic hydroxyl groups is 1. The van der Waals surface area contributed by atoms with Gasteiger partial charge in [-0.2, -0.15) is 5.10 Å². The van der Waals surface area contributed by atoms with E-state index >= 15 is 0 Å². The molecular formula is C27H30FN3O3. The van der Waals surface area contributed by atoms with Gasteiger partial charge in [-0.15, -0.1) is 0 Å². The van der Waals surface area contributed by atoms with Crippen LogP contribution in [0.2, 0.25) is 0 Å². The number of amides is 1. The van der Waals surface area contributed by atoms with Gasteiger partial charge in [0, 0.05) is 5.39 Å². The van der Waals surface area contributed by atoms with E-state index in [1.54, 1.807) is 23.0 Å². The van der Waals surface area contributed by atoms with Crippen molar-refractivity contribution in [2.75, 3.05) is 0 Å². The summed E-state index contributed by atoms with van der Waals surface area (Å²) >= 11 is 0. The highest BCUT2D eigenvalue weighted by molar-refractivity contribution is 5.84. The van der Waals surface area contributed by atoms with E-state index in [9.17, 15) is 14.3 Å². The van der Waals surface area contributed by atoms with Gasteiger partial charge in [-0.05, 0) is 68.8 Å². The molecule has 0 radical (unpaired) electrons. The van der Waals surface area contributed by atoms with E-state index < -0.39 is 23.7 Å². The fourth-order valence-electron chi connectivity index (χ4n) is 3.58. The highest BCUT2D eigenvalue weighted by Crippen LogP contribution is 2.29. The molecule has 0 aliphatic rings. The summed E-state index contributed by atoms with van der Waals surface area (Å²) in [6.45, 7) is 4.73. The number of halogens is 1. The number of hydrogen-bond acceptors (Lipinski definition) is 4. The maximum absolute atomic E-state index is 13.3. The van der Waals surface area contributed by atoms with Crippen LogP contribution < -0.4 is 10.1 Å². The third-order valence-corrected chi connectivity index (χ3v) is 5.37. The average molecular weight is 464 g/mol. The number of aromatic nitrogens is 2. The summed E-state index contributed by atoms with van der Waals surface area (Å²) in [5, 5.41) is 18.2. The Morgan fingerprint density at radius 1 is 1.09 bits per heavy atom. The smallest absolute Gasteiger partial charge is 0.251 e. The summed E-state index contributed by atoms with van der Waals surface area (Å²) < 4.78 is 21.3. The topological polar surface area (TPSA) is 76.4 Å². The lowest BCUT2D eigenvalue weighted by Gasteiger charge is -2.28. The van der Waals surface area contributed by atoms with Crippen LogP contribution in [0.4, 0.5) is 4.39 Å². The zero-order valence-electron chi connectivity index (χ0n) is 18.7. The first-order valence-electron chi connectivity index (χ1n) is 10.7. The van der Waals surface area contributed by atoms with Gasteiger partial charge in [0.05, 0.1) is 23.4 Å². The fraction of sp³-hybridized carbons (Fsp3) is 0.259. The molecule has 0 bridgehead atoms. The number of carbonyl (C=O) groups is 1. The zero-order chi connectivity index (χ0) is 23.6. The summed E-state index contributed by atoms with van der Waals surface area (Å²) in [6.07, 6.45) is 1.24. The Morgan fingerprint density at radius 3 is 2.41 bits per heavy atom. The lowest BCUT2D eigenvalue weighted by atomic mass is 10.0. The van der Waals surface area contributed by atoms with Crippen LogP contribution in [0.3, 0.4) is 0 Å². The van der Waals surface area contributed by atoms with E-state index in [4.69, 9.17) is 4.74 Å². The lowest BCUT2D eigenvalue weighted by molar-refractivity contribution is -0.137. The van der Waals surface area contributed by atoms with Crippen LogP contribution in [0.5, 0.6) is 5.75 Å². The molecule has 3 aromatic carbocycles. The molecule has 178 valence electrons. The van der Waals surface area contributed by atoms with Gasteiger partial charge in [0.25, 0.3) is 5.91 Å². The fourth-order valence-corrected chi connectivity index (χ4v) is 3.58. The molecule has 2 atom stereocenters. The monoisotopic (exact) mass is 463 g/mol. The second-order valence-corrected chi connectivity index (χ2v) is 8.52. The number of nitrogens with one attached hydrogen (secondary N) is 1. The van der Waals surface area contributed by atoms with Crippen LogP contribution in [0, 0.1) is 5.82 Å². The molecule has 4 rings (SSSR count). The molecule has 0 saturated heterocycles. The summed E-state index contributed by atoms with van der Waals surface area (Å²) in [4.78, 5) is 12.3. The highest BCUT2D eigenvalue weighted by atomic mass is 19.1. The number of nitrogens with zero attached hydrogens (tertiary/aromatic N) is 2. The van der Waals surface area contributed by atoms with Crippen molar-refractivity contribution in [3.63, 3.8) is 0 Å². The molecule has 2 N–H and O–H groups in total. The third kappa shape index (κ3) is 5.43. The van der Waals surface area contributed by atoms with Crippen LogP contribution in [-0.4, -0.2) is 32.4 Å². The third-order valence-electron chi connectivity index (χ3n) is 5.37. The molecule has 0 spiro atoms. The van der Waals surface area contributed by atoms with E-state index in [0.717, 1.165) is 22.2 Å². The maximum atomic E-state index is 13.3. The number of fused-ring (bicyclic) bond motifs is 1. The van der Waals surface area contributed by atoms with Gasteiger partial charge in [-0.3, -0.25) is 4.79 Å². The Hall–Kier alpha value is -3.71. The van der Waals surface area contributed by atoms with Gasteiger partial charge in [0.15, 0.2) is 0 Å². The van der Waals surface area contributed by atoms with E-state index in [2.05, 4.69) is 10.4 Å². The molecule has 34 heavy (non-hydrogen) atoms. The first-order valence-corrected chi connectivity index (χ1v) is 10.7. The summed E-state index contributed by atoms with van der Waals surface area (Å²) in [6, 6.07) is 20.9. The standard InChI is InChI=1S/C26H26FN3O3.CH4/c1-17(29-25(31)26(2,3)32)24(18-7-5-4-6-8-18)33-22-13-14-23-19(15-22)16-28-30(23)21-11-9-20(27)10-12-21;/h4-17,24,32H,1-3H3,(H,29,31);1H4/t17-,24-;/m0./s1. The van der Waals surface area contributed by atoms with Crippen molar-refractivity contribution in [2.45, 2.75) is 45.9 Å². The summed E-state index contributed by atoms with van der Waals surface area (Å²) in [5.74, 6) is -0.168. The Balaban J connectivity index is 0.00000324. The predicted octanol–water partition coefficient (Wildman–Crippen LogP) is 5.20. The van der Waals surface area contributed by atoms with Crippen LogP contribution in [-0.2, 0) is 4.79 Å². The molecule has 1 heterocycles. The second kappa shape index (κ2) is 10.1. The van der Waals surface area contributed by atoms with Gasteiger partial charge in [-0.1, -0.05) is 37.8 Å². The van der Waals surface area contributed by atoms with E-state index in [1.165, 1.54) is 26.0 Å². The SMILES string of the molecule is C.C[C@H](NC(=O)C(C)(C)O)[C@H](Oc1ccc2c(cnn2-c2ccc(F)cc2)c1)c1ccccc1. The van der Waals surface area contributed by atoms with Crippen LogP contribution in [0.1, 0.15) is 39.9 Å². The largest absolute Gasteiger partial charge is 0.484 e. The van der Waals surface area contributed by atoms with Crippen LogP contribution in [0.25, 0.3) is 16.6 Å². The van der Waals surface area contributed by atoms with Crippen molar-refractivity contribution in [2.24, 2.45) is 0 Å². The Bertz CT molecular complexity index is 1250. The molecule has 0 aliphatic carbocycles. The number of hydrogen-bond donors (Lipinski definition) is 2. The summed E-state index contributed by atoms with van der Waals surface area (Å²) in [5.41, 5.74) is 1.01. The maximum Gasteiger partial charge on any atom is 0.251 e. The van der Waals surface area contributed by atoms with Crippen molar-refractivity contribution in [1.82, 2.24) is 15.1 Å². The Labute approximate surface area is 199 Å². The van der Waals surface area contributed by atoms with Crippen LogP contribution in [0.15, 0.2) is 79.0 Å².